The van der Waals surface area contributed by atoms with Gasteiger partial charge in [-0.05, 0) is 47.3 Å². The standard InChI is InChI=1S/C26H36O5Si/c1-25(2,3)32(6,7)31-17-11-10-16-26(23(27)29-4,24(28)30-5)19-20-14-15-21-12-8-9-13-22(21)18-20/h8-15,18H,16-17,19H2,1-7H3/b11-10+. The maximum absolute atomic E-state index is 12.9. The quantitative estimate of drug-likeness (QED) is 0.210. The Bertz CT molecular complexity index is 956. The Balaban J connectivity index is 2.28. The summed E-state index contributed by atoms with van der Waals surface area (Å²) in [6.45, 7) is 11.4. The number of esters is 2. The van der Waals surface area contributed by atoms with Crippen LogP contribution in [-0.2, 0) is 29.9 Å². The molecule has 0 bridgehead atoms. The first-order valence-corrected chi connectivity index (χ1v) is 13.8. The van der Waals surface area contributed by atoms with Crippen LogP contribution in [-0.4, -0.2) is 41.1 Å². The number of hydrogen-bond acceptors (Lipinski definition) is 5. The van der Waals surface area contributed by atoms with Crippen molar-refractivity contribution in [3.05, 3.63) is 60.2 Å². The molecule has 0 spiro atoms. The van der Waals surface area contributed by atoms with E-state index in [1.807, 2.05) is 54.6 Å². The second-order valence-electron chi connectivity index (χ2n) is 9.67. The van der Waals surface area contributed by atoms with E-state index in [0.29, 0.717) is 6.61 Å². The lowest BCUT2D eigenvalue weighted by Crippen LogP contribution is -2.43. The summed E-state index contributed by atoms with van der Waals surface area (Å²) in [6, 6.07) is 13.9. The molecule has 0 unspecified atom stereocenters. The summed E-state index contributed by atoms with van der Waals surface area (Å²) in [4.78, 5) is 25.8. The van der Waals surface area contributed by atoms with E-state index in [4.69, 9.17) is 13.9 Å². The molecule has 174 valence electrons. The molecule has 6 heteroatoms. The van der Waals surface area contributed by atoms with Gasteiger partial charge in [0.05, 0.1) is 20.8 Å². The fourth-order valence-corrected chi connectivity index (χ4v) is 4.33. The fraction of sp³-hybridized carbons (Fsp3) is 0.462. The molecule has 0 fully saturated rings. The third-order valence-electron chi connectivity index (χ3n) is 6.45. The molecule has 0 aliphatic heterocycles. The minimum Gasteiger partial charge on any atom is -0.468 e. The molecule has 0 heterocycles. The summed E-state index contributed by atoms with van der Waals surface area (Å²) in [7, 11) is 0.713. The van der Waals surface area contributed by atoms with Gasteiger partial charge >= 0.3 is 11.9 Å². The molecule has 0 aromatic heterocycles. The summed E-state index contributed by atoms with van der Waals surface area (Å²) in [5.74, 6) is -1.21. The van der Waals surface area contributed by atoms with Crippen LogP contribution in [0.4, 0.5) is 0 Å². The van der Waals surface area contributed by atoms with Crippen molar-refractivity contribution in [3.8, 4) is 0 Å². The van der Waals surface area contributed by atoms with Crippen molar-refractivity contribution in [2.45, 2.75) is 51.7 Å². The molecule has 0 radical (unpaired) electrons. The molecule has 0 amide bonds. The Morgan fingerprint density at radius 3 is 2.06 bits per heavy atom. The van der Waals surface area contributed by atoms with Crippen LogP contribution in [0.3, 0.4) is 0 Å². The highest BCUT2D eigenvalue weighted by atomic mass is 28.4. The van der Waals surface area contributed by atoms with E-state index in [2.05, 4.69) is 33.9 Å². The number of fused-ring (bicyclic) bond motifs is 1. The molecule has 2 aromatic carbocycles. The fourth-order valence-electron chi connectivity index (χ4n) is 3.38. The molecule has 2 aromatic rings. The lowest BCUT2D eigenvalue weighted by atomic mass is 9.78. The first kappa shape index (κ1) is 25.8. The number of carbonyl (C=O) groups excluding carboxylic acids is 2. The molecule has 2 rings (SSSR count). The van der Waals surface area contributed by atoms with E-state index < -0.39 is 25.7 Å². The minimum absolute atomic E-state index is 0.110. The summed E-state index contributed by atoms with van der Waals surface area (Å²) < 4.78 is 16.3. The van der Waals surface area contributed by atoms with E-state index >= 15 is 0 Å². The van der Waals surface area contributed by atoms with Crippen molar-refractivity contribution in [3.63, 3.8) is 0 Å². The third kappa shape index (κ3) is 5.87. The summed E-state index contributed by atoms with van der Waals surface area (Å²) in [5.41, 5.74) is -0.593. The Hall–Kier alpha value is -2.44. The zero-order valence-corrected chi connectivity index (χ0v) is 21.4. The van der Waals surface area contributed by atoms with Crippen LogP contribution in [0.5, 0.6) is 0 Å². The van der Waals surface area contributed by atoms with Gasteiger partial charge in [-0.25, -0.2) is 0 Å². The molecule has 5 nitrogen and oxygen atoms in total. The Labute approximate surface area is 192 Å². The second-order valence-corrected chi connectivity index (χ2v) is 14.5. The van der Waals surface area contributed by atoms with Crippen molar-refractivity contribution >= 4 is 31.0 Å². The molecule has 0 saturated carbocycles. The molecule has 0 aliphatic rings. The smallest absolute Gasteiger partial charge is 0.323 e. The van der Waals surface area contributed by atoms with Crippen LogP contribution in [0.25, 0.3) is 10.8 Å². The molecule has 0 N–H and O–H groups in total. The highest BCUT2D eigenvalue weighted by molar-refractivity contribution is 6.74. The predicted octanol–water partition coefficient (Wildman–Crippen LogP) is 5.68. The SMILES string of the molecule is COC(=O)C(C/C=C/CO[Si](C)(C)C(C)(C)C)(Cc1ccc2ccccc2c1)C(=O)OC. The van der Waals surface area contributed by atoms with Crippen LogP contribution in [0, 0.1) is 5.41 Å². The monoisotopic (exact) mass is 456 g/mol. The number of benzene rings is 2. The van der Waals surface area contributed by atoms with Gasteiger partial charge in [0.15, 0.2) is 13.7 Å². The van der Waals surface area contributed by atoms with Crippen LogP contribution >= 0.6 is 0 Å². The Morgan fingerprint density at radius 1 is 0.906 bits per heavy atom. The number of methoxy groups -OCH3 is 2. The van der Waals surface area contributed by atoms with Crippen molar-refractivity contribution < 1.29 is 23.5 Å². The van der Waals surface area contributed by atoms with Gasteiger partial charge in [-0.3, -0.25) is 9.59 Å². The molecule has 0 aliphatic carbocycles. The zero-order chi connectivity index (χ0) is 24.0. The molecule has 32 heavy (non-hydrogen) atoms. The van der Waals surface area contributed by atoms with Gasteiger partial charge < -0.3 is 13.9 Å². The Kier molecular flexibility index (Phi) is 8.43. The molecular weight excluding hydrogens is 420 g/mol. The van der Waals surface area contributed by atoms with Gasteiger partial charge in [-0.2, -0.15) is 0 Å². The summed E-state index contributed by atoms with van der Waals surface area (Å²) in [5, 5.41) is 2.26. The van der Waals surface area contributed by atoms with Crippen molar-refractivity contribution in [2.75, 3.05) is 20.8 Å². The van der Waals surface area contributed by atoms with Gasteiger partial charge in [-0.1, -0.05) is 75.4 Å². The highest BCUT2D eigenvalue weighted by Crippen LogP contribution is 2.36. The lowest BCUT2D eigenvalue weighted by Gasteiger charge is -2.35. The minimum atomic E-state index is -1.88. The normalized spacial score (nSPS) is 12.8. The van der Waals surface area contributed by atoms with Crippen LogP contribution in [0.15, 0.2) is 54.6 Å². The number of ether oxygens (including phenoxy) is 2. The zero-order valence-electron chi connectivity index (χ0n) is 20.4. The van der Waals surface area contributed by atoms with Gasteiger partial charge in [-0.15, -0.1) is 0 Å². The van der Waals surface area contributed by atoms with Crippen molar-refractivity contribution in [1.29, 1.82) is 0 Å². The molecule has 0 saturated heterocycles. The maximum atomic E-state index is 12.9. The highest BCUT2D eigenvalue weighted by Gasteiger charge is 2.47. The van der Waals surface area contributed by atoms with E-state index in [-0.39, 0.29) is 17.9 Å². The number of carbonyl (C=O) groups is 2. The van der Waals surface area contributed by atoms with Gasteiger partial charge in [0.2, 0.25) is 0 Å². The number of allylic oxidation sites excluding steroid dienone is 1. The summed E-state index contributed by atoms with van der Waals surface area (Å²) >= 11 is 0. The Morgan fingerprint density at radius 2 is 1.50 bits per heavy atom. The average molecular weight is 457 g/mol. The molecular formula is C26H36O5Si. The van der Waals surface area contributed by atoms with E-state index in [1.54, 1.807) is 0 Å². The van der Waals surface area contributed by atoms with E-state index in [1.165, 1.54) is 14.2 Å². The van der Waals surface area contributed by atoms with Crippen LogP contribution in [0.1, 0.15) is 32.8 Å². The van der Waals surface area contributed by atoms with Crippen LogP contribution in [0.2, 0.25) is 18.1 Å². The van der Waals surface area contributed by atoms with Gasteiger partial charge in [0.1, 0.15) is 0 Å². The maximum Gasteiger partial charge on any atom is 0.323 e. The van der Waals surface area contributed by atoms with Crippen LogP contribution < -0.4 is 0 Å². The first-order chi connectivity index (χ1) is 15.0. The summed E-state index contributed by atoms with van der Waals surface area (Å²) in [6.07, 6.45) is 4.05. The van der Waals surface area contributed by atoms with Crippen molar-refractivity contribution in [1.82, 2.24) is 0 Å². The van der Waals surface area contributed by atoms with Gasteiger partial charge in [0, 0.05) is 0 Å². The largest absolute Gasteiger partial charge is 0.468 e. The topological polar surface area (TPSA) is 61.8 Å². The molecule has 0 atom stereocenters. The van der Waals surface area contributed by atoms with E-state index in [9.17, 15) is 9.59 Å². The first-order valence-electron chi connectivity index (χ1n) is 10.9. The third-order valence-corrected chi connectivity index (χ3v) is 11.0. The number of rotatable bonds is 9. The van der Waals surface area contributed by atoms with Crippen molar-refractivity contribution in [2.24, 2.45) is 5.41 Å². The predicted molar refractivity (Wildman–Crippen MR) is 131 cm³/mol. The lowest BCUT2D eigenvalue weighted by molar-refractivity contribution is -0.168. The average Bonchev–Trinajstić information content (AvgIpc) is 2.75. The van der Waals surface area contributed by atoms with Gasteiger partial charge in [0.25, 0.3) is 0 Å². The second kappa shape index (κ2) is 10.4. The van der Waals surface area contributed by atoms with E-state index in [0.717, 1.165) is 16.3 Å². The number of hydrogen-bond donors (Lipinski definition) is 0.